The molecule has 7 nitrogen and oxygen atoms in total. The number of fused-ring (bicyclic) bond motifs is 1. The zero-order valence-corrected chi connectivity index (χ0v) is 24.5. The lowest BCUT2D eigenvalue weighted by Crippen LogP contribution is -2.50. The Balaban J connectivity index is 1.20. The SMILES string of the molecule is CC(C)CCN1C(=O)C(CC(=O)N2CCC(N3CCc4ccccc4NC3=O)CC2)SC1c1ccc(F)cc1Cl. The number of carbonyl (C=O) groups excluding carboxylic acids is 3. The van der Waals surface area contributed by atoms with E-state index in [1.165, 1.54) is 23.9 Å². The largest absolute Gasteiger partial charge is 0.342 e. The molecule has 2 saturated heterocycles. The van der Waals surface area contributed by atoms with Gasteiger partial charge >= 0.3 is 6.03 Å². The Kier molecular flexibility index (Phi) is 8.90. The molecule has 2 fully saturated rings. The average Bonchev–Trinajstić information content (AvgIpc) is 3.11. The molecule has 1 N–H and O–H groups in total. The van der Waals surface area contributed by atoms with Crippen LogP contribution in [-0.2, 0) is 16.0 Å². The predicted molar refractivity (Wildman–Crippen MR) is 157 cm³/mol. The number of piperidine rings is 1. The van der Waals surface area contributed by atoms with E-state index in [2.05, 4.69) is 19.2 Å². The molecule has 3 aliphatic rings. The molecule has 5 rings (SSSR count). The van der Waals surface area contributed by atoms with Gasteiger partial charge in [0.15, 0.2) is 0 Å². The molecular weight excluding hydrogens is 551 g/mol. The highest BCUT2D eigenvalue weighted by atomic mass is 35.5. The van der Waals surface area contributed by atoms with Crippen molar-refractivity contribution in [3.05, 3.63) is 64.4 Å². The quantitative estimate of drug-likeness (QED) is 0.436. The van der Waals surface area contributed by atoms with E-state index in [4.69, 9.17) is 11.6 Å². The van der Waals surface area contributed by atoms with Crippen LogP contribution in [-0.4, -0.2) is 70.0 Å². The number of thioether (sulfide) groups is 1. The topological polar surface area (TPSA) is 73.0 Å². The summed E-state index contributed by atoms with van der Waals surface area (Å²) in [6.45, 7) is 6.51. The Hall–Kier alpha value is -2.78. The van der Waals surface area contributed by atoms with Crippen LogP contribution in [0, 0.1) is 11.7 Å². The van der Waals surface area contributed by atoms with E-state index in [9.17, 15) is 18.8 Å². The molecule has 0 radical (unpaired) electrons. The number of hydrogen-bond donors (Lipinski definition) is 1. The smallest absolute Gasteiger partial charge is 0.322 e. The first kappa shape index (κ1) is 28.7. The molecular formula is C30H36ClFN4O3S. The number of rotatable bonds is 7. The molecule has 0 saturated carbocycles. The number of halogens is 2. The molecule has 3 aliphatic heterocycles. The van der Waals surface area contributed by atoms with Crippen LogP contribution in [0.5, 0.6) is 0 Å². The average molecular weight is 587 g/mol. The summed E-state index contributed by atoms with van der Waals surface area (Å²) >= 11 is 7.81. The Labute approximate surface area is 244 Å². The van der Waals surface area contributed by atoms with Crippen molar-refractivity contribution in [2.45, 2.75) is 62.6 Å². The summed E-state index contributed by atoms with van der Waals surface area (Å²) in [5, 5.41) is 2.45. The molecule has 0 bridgehead atoms. The van der Waals surface area contributed by atoms with Gasteiger partial charge < -0.3 is 20.0 Å². The Morgan fingerprint density at radius 1 is 1.12 bits per heavy atom. The van der Waals surface area contributed by atoms with E-state index >= 15 is 0 Å². The molecule has 2 atom stereocenters. The third-order valence-corrected chi connectivity index (χ3v) is 9.86. The number of nitrogens with zero attached hydrogens (tertiary/aromatic N) is 3. The van der Waals surface area contributed by atoms with Gasteiger partial charge in [-0.05, 0) is 55.4 Å². The predicted octanol–water partition coefficient (Wildman–Crippen LogP) is 5.94. The van der Waals surface area contributed by atoms with Crippen LogP contribution in [0.2, 0.25) is 5.02 Å². The first-order valence-electron chi connectivity index (χ1n) is 14.1. The van der Waals surface area contributed by atoms with Crippen LogP contribution in [0.25, 0.3) is 0 Å². The molecule has 2 unspecified atom stereocenters. The maximum atomic E-state index is 13.7. The van der Waals surface area contributed by atoms with Gasteiger partial charge in [0.1, 0.15) is 11.2 Å². The second kappa shape index (κ2) is 12.4. The Bertz CT molecular complexity index is 1270. The van der Waals surface area contributed by atoms with E-state index in [1.54, 1.807) is 11.0 Å². The van der Waals surface area contributed by atoms with Gasteiger partial charge in [-0.2, -0.15) is 0 Å². The fraction of sp³-hybridized carbons (Fsp3) is 0.500. The Morgan fingerprint density at radius 3 is 2.60 bits per heavy atom. The maximum absolute atomic E-state index is 13.7. The van der Waals surface area contributed by atoms with E-state index < -0.39 is 11.1 Å². The van der Waals surface area contributed by atoms with Crippen LogP contribution in [0.3, 0.4) is 0 Å². The van der Waals surface area contributed by atoms with Crippen molar-refractivity contribution in [1.29, 1.82) is 0 Å². The van der Waals surface area contributed by atoms with Crippen LogP contribution in [0.15, 0.2) is 42.5 Å². The molecule has 10 heteroatoms. The fourth-order valence-corrected chi connectivity index (χ4v) is 7.59. The van der Waals surface area contributed by atoms with Gasteiger partial charge in [0.05, 0.1) is 5.25 Å². The summed E-state index contributed by atoms with van der Waals surface area (Å²) in [7, 11) is 0. The van der Waals surface area contributed by atoms with E-state index in [1.807, 2.05) is 34.1 Å². The zero-order chi connectivity index (χ0) is 28.4. The fourth-order valence-electron chi connectivity index (χ4n) is 5.74. The number of anilines is 1. The van der Waals surface area contributed by atoms with Gasteiger partial charge in [-0.15, -0.1) is 11.8 Å². The minimum absolute atomic E-state index is 0.0494. The highest BCUT2D eigenvalue weighted by molar-refractivity contribution is 8.01. The molecule has 214 valence electrons. The number of nitrogens with one attached hydrogen (secondary N) is 1. The first-order valence-corrected chi connectivity index (χ1v) is 15.4. The van der Waals surface area contributed by atoms with E-state index in [-0.39, 0.29) is 40.7 Å². The van der Waals surface area contributed by atoms with E-state index in [0.29, 0.717) is 50.5 Å². The number of urea groups is 1. The molecule has 0 aromatic heterocycles. The molecule has 2 aromatic rings. The maximum Gasteiger partial charge on any atom is 0.322 e. The molecule has 3 heterocycles. The lowest BCUT2D eigenvalue weighted by atomic mass is 10.0. The zero-order valence-electron chi connectivity index (χ0n) is 22.9. The van der Waals surface area contributed by atoms with Gasteiger partial charge in [0.2, 0.25) is 11.8 Å². The van der Waals surface area contributed by atoms with Crippen LogP contribution < -0.4 is 5.32 Å². The van der Waals surface area contributed by atoms with Gasteiger partial charge in [0, 0.05) is 54.9 Å². The standard InChI is InChI=1S/C30H36ClFN4O3S/c1-19(2)9-15-36-28(38)26(40-29(36)23-8-7-21(32)17-24(23)31)18-27(37)34-13-11-22(12-14-34)35-16-10-20-5-3-4-6-25(20)33-30(35)39/h3-8,17,19,22,26,29H,9-16,18H2,1-2H3,(H,33,39). The van der Waals surface area contributed by atoms with Gasteiger partial charge in [-0.1, -0.05) is 49.7 Å². The number of benzene rings is 2. The summed E-state index contributed by atoms with van der Waals surface area (Å²) in [5.41, 5.74) is 2.69. The van der Waals surface area contributed by atoms with Crippen molar-refractivity contribution in [2.75, 3.05) is 31.5 Å². The number of likely N-dealkylation sites (tertiary alicyclic amines) is 1. The molecule has 4 amide bonds. The molecule has 0 spiro atoms. The second-order valence-electron chi connectivity index (χ2n) is 11.2. The number of hydrogen-bond acceptors (Lipinski definition) is 4. The summed E-state index contributed by atoms with van der Waals surface area (Å²) < 4.78 is 13.7. The normalized spacial score (nSPS) is 22.0. The lowest BCUT2D eigenvalue weighted by molar-refractivity contribution is -0.136. The third kappa shape index (κ3) is 6.25. The second-order valence-corrected chi connectivity index (χ2v) is 12.9. The monoisotopic (exact) mass is 586 g/mol. The summed E-state index contributed by atoms with van der Waals surface area (Å²) in [6, 6.07) is 12.1. The minimum atomic E-state index is -0.515. The van der Waals surface area contributed by atoms with E-state index in [0.717, 1.165) is 24.1 Å². The number of amides is 4. The van der Waals surface area contributed by atoms with Crippen LogP contribution in [0.1, 0.15) is 56.0 Å². The van der Waals surface area contributed by atoms with Crippen molar-refractivity contribution in [3.63, 3.8) is 0 Å². The van der Waals surface area contributed by atoms with Crippen molar-refractivity contribution in [2.24, 2.45) is 5.92 Å². The van der Waals surface area contributed by atoms with Crippen molar-refractivity contribution in [1.82, 2.24) is 14.7 Å². The minimum Gasteiger partial charge on any atom is -0.342 e. The first-order chi connectivity index (χ1) is 19.2. The van der Waals surface area contributed by atoms with Crippen molar-refractivity contribution in [3.8, 4) is 0 Å². The highest BCUT2D eigenvalue weighted by Crippen LogP contribution is 2.46. The van der Waals surface area contributed by atoms with Gasteiger partial charge in [0.25, 0.3) is 0 Å². The highest BCUT2D eigenvalue weighted by Gasteiger charge is 2.43. The summed E-state index contributed by atoms with van der Waals surface area (Å²) in [6.07, 6.45) is 3.14. The number of para-hydroxylation sites is 1. The van der Waals surface area contributed by atoms with Gasteiger partial charge in [-0.3, -0.25) is 9.59 Å². The molecule has 40 heavy (non-hydrogen) atoms. The van der Waals surface area contributed by atoms with Gasteiger partial charge in [-0.25, -0.2) is 9.18 Å². The lowest BCUT2D eigenvalue weighted by Gasteiger charge is -2.38. The Morgan fingerprint density at radius 2 is 1.88 bits per heavy atom. The number of carbonyl (C=O) groups is 3. The van der Waals surface area contributed by atoms with Crippen LogP contribution >= 0.6 is 23.4 Å². The van der Waals surface area contributed by atoms with Crippen molar-refractivity contribution >= 4 is 46.9 Å². The molecule has 2 aromatic carbocycles. The third-order valence-electron chi connectivity index (χ3n) is 8.07. The summed E-state index contributed by atoms with van der Waals surface area (Å²) in [5.74, 6) is -0.134. The molecule has 0 aliphatic carbocycles. The van der Waals surface area contributed by atoms with Crippen LogP contribution in [0.4, 0.5) is 14.9 Å². The summed E-state index contributed by atoms with van der Waals surface area (Å²) in [4.78, 5) is 45.3. The van der Waals surface area contributed by atoms with Crippen molar-refractivity contribution < 1.29 is 18.8 Å².